The average Bonchev–Trinajstić information content (AvgIpc) is 3.27. The van der Waals surface area contributed by atoms with Crippen LogP contribution >= 0.6 is 0 Å². The van der Waals surface area contributed by atoms with Gasteiger partial charge in [-0.25, -0.2) is 4.68 Å². The van der Waals surface area contributed by atoms with Gasteiger partial charge in [0.2, 0.25) is 0 Å². The Labute approximate surface area is 200 Å². The first-order valence-electron chi connectivity index (χ1n) is 11.0. The van der Waals surface area contributed by atoms with Crippen LogP contribution < -0.4 is 0 Å². The van der Waals surface area contributed by atoms with Gasteiger partial charge in [0.05, 0.1) is 37.2 Å². The number of rotatable bonds is 8. The number of hydrogen-bond donors (Lipinski definition) is 2. The van der Waals surface area contributed by atoms with Gasteiger partial charge < -0.3 is 29.2 Å². The van der Waals surface area contributed by atoms with E-state index in [1.165, 1.54) is 6.92 Å². The number of aliphatic hydroxyl groups excluding tert-OH is 2. The molecule has 1 saturated heterocycles. The molecular weight excluding hydrogens is 460 g/mol. The van der Waals surface area contributed by atoms with Gasteiger partial charge in [0.15, 0.2) is 18.5 Å². The number of nitrogens with zero attached hydrogens (tertiary/aromatic N) is 4. The second kappa shape index (κ2) is 10.9. The Morgan fingerprint density at radius 1 is 1.06 bits per heavy atom. The maximum Gasteiger partial charge on any atom is 0.303 e. The zero-order valence-corrected chi connectivity index (χ0v) is 19.2. The molecule has 0 bridgehead atoms. The third kappa shape index (κ3) is 5.98. The highest BCUT2D eigenvalue weighted by molar-refractivity contribution is 5.78. The van der Waals surface area contributed by atoms with Gasteiger partial charge in [0.1, 0.15) is 17.9 Å². The molecule has 35 heavy (non-hydrogen) atoms. The molecule has 3 heterocycles. The predicted octanol–water partition coefficient (Wildman–Crippen LogP) is 0.333. The first kappa shape index (κ1) is 24.7. The SMILES string of the molecule is CC(=O)O[C@H]1[C@H](OCc2cn(Cc3ccc4ccccc4n3)nn2)O[C@H](CO)[C@@H](O)[C@@H]1OC(C)=O. The van der Waals surface area contributed by atoms with Crippen molar-refractivity contribution in [1.82, 2.24) is 20.0 Å². The van der Waals surface area contributed by atoms with Crippen molar-refractivity contribution >= 4 is 22.8 Å². The van der Waals surface area contributed by atoms with E-state index in [4.69, 9.17) is 18.9 Å². The lowest BCUT2D eigenvalue weighted by Gasteiger charge is -2.42. The number of pyridine rings is 1. The summed E-state index contributed by atoms with van der Waals surface area (Å²) in [6.45, 7) is 2.05. The molecule has 1 aliphatic heterocycles. The van der Waals surface area contributed by atoms with Crippen LogP contribution in [0.5, 0.6) is 0 Å². The number of ether oxygens (including phenoxy) is 4. The van der Waals surface area contributed by atoms with Crippen LogP contribution in [0.4, 0.5) is 0 Å². The van der Waals surface area contributed by atoms with E-state index < -0.39 is 49.3 Å². The Balaban J connectivity index is 1.44. The van der Waals surface area contributed by atoms with Crippen molar-refractivity contribution in [2.24, 2.45) is 0 Å². The van der Waals surface area contributed by atoms with E-state index in [0.717, 1.165) is 23.5 Å². The fraction of sp³-hybridized carbons (Fsp3) is 0.435. The largest absolute Gasteiger partial charge is 0.455 e. The Kier molecular flexibility index (Phi) is 7.66. The molecule has 2 aromatic heterocycles. The summed E-state index contributed by atoms with van der Waals surface area (Å²) in [4.78, 5) is 27.8. The van der Waals surface area contributed by atoms with Crippen LogP contribution in [0.15, 0.2) is 42.6 Å². The highest BCUT2D eigenvalue weighted by atomic mass is 16.7. The second-order valence-corrected chi connectivity index (χ2v) is 8.08. The van der Waals surface area contributed by atoms with Crippen molar-refractivity contribution in [3.63, 3.8) is 0 Å². The lowest BCUT2D eigenvalue weighted by molar-refractivity contribution is -0.308. The molecule has 0 amide bonds. The molecule has 0 spiro atoms. The summed E-state index contributed by atoms with van der Waals surface area (Å²) in [5.74, 6) is -1.39. The number of aromatic nitrogens is 4. The van der Waals surface area contributed by atoms with Gasteiger partial charge in [-0.15, -0.1) is 5.10 Å². The number of para-hydroxylation sites is 1. The van der Waals surface area contributed by atoms with Crippen LogP contribution in [-0.2, 0) is 41.7 Å². The van der Waals surface area contributed by atoms with Crippen LogP contribution in [-0.4, -0.2) is 79.4 Å². The average molecular weight is 486 g/mol. The van der Waals surface area contributed by atoms with E-state index in [0.29, 0.717) is 12.2 Å². The van der Waals surface area contributed by atoms with Gasteiger partial charge in [-0.05, 0) is 12.1 Å². The van der Waals surface area contributed by atoms with Gasteiger partial charge in [0.25, 0.3) is 0 Å². The number of carbonyl (C=O) groups excluding carboxylic acids is 2. The number of esters is 2. The van der Waals surface area contributed by atoms with Gasteiger partial charge in [0, 0.05) is 19.2 Å². The molecule has 12 heteroatoms. The summed E-state index contributed by atoms with van der Waals surface area (Å²) < 4.78 is 23.3. The van der Waals surface area contributed by atoms with Crippen LogP contribution in [0, 0.1) is 0 Å². The van der Waals surface area contributed by atoms with Crippen molar-refractivity contribution in [1.29, 1.82) is 0 Å². The molecule has 1 aromatic carbocycles. The zero-order chi connectivity index (χ0) is 24.9. The summed E-state index contributed by atoms with van der Waals surface area (Å²) in [6.07, 6.45) is -4.67. The van der Waals surface area contributed by atoms with Gasteiger partial charge in [-0.3, -0.25) is 14.6 Å². The maximum atomic E-state index is 11.6. The van der Waals surface area contributed by atoms with Gasteiger partial charge in [-0.2, -0.15) is 0 Å². The minimum Gasteiger partial charge on any atom is -0.455 e. The normalized spacial score (nSPS) is 24.3. The van der Waals surface area contributed by atoms with Crippen LogP contribution in [0.1, 0.15) is 25.2 Å². The van der Waals surface area contributed by atoms with Gasteiger partial charge in [-0.1, -0.05) is 29.5 Å². The molecule has 0 aliphatic carbocycles. The summed E-state index contributed by atoms with van der Waals surface area (Å²) in [7, 11) is 0. The lowest BCUT2D eigenvalue weighted by atomic mass is 9.98. The highest BCUT2D eigenvalue weighted by Crippen LogP contribution is 2.27. The maximum absolute atomic E-state index is 11.6. The molecule has 0 saturated carbocycles. The third-order valence-corrected chi connectivity index (χ3v) is 5.36. The Morgan fingerprint density at radius 2 is 1.80 bits per heavy atom. The standard InChI is InChI=1S/C23H26N4O8/c1-13(29)33-21-20(31)19(11-28)35-23(22(21)34-14(2)30)32-12-17-10-27(26-25-17)9-16-8-7-15-5-3-4-6-18(15)24-16/h3-8,10,19-23,28,31H,9,11-12H2,1-2H3/t19-,20-,21+,22-,23-/m1/s1. The molecule has 12 nitrogen and oxygen atoms in total. The molecule has 0 unspecified atom stereocenters. The van der Waals surface area contributed by atoms with E-state index in [-0.39, 0.29) is 6.61 Å². The van der Waals surface area contributed by atoms with Crippen molar-refractivity contribution in [3.8, 4) is 0 Å². The fourth-order valence-electron chi connectivity index (χ4n) is 3.83. The van der Waals surface area contributed by atoms with Gasteiger partial charge >= 0.3 is 11.9 Å². The fourth-order valence-corrected chi connectivity index (χ4v) is 3.83. The van der Waals surface area contributed by atoms with E-state index in [1.807, 2.05) is 36.4 Å². The molecule has 1 fully saturated rings. The Hall–Kier alpha value is -3.45. The van der Waals surface area contributed by atoms with Crippen molar-refractivity contribution < 1.29 is 38.7 Å². The number of fused-ring (bicyclic) bond motifs is 1. The van der Waals surface area contributed by atoms with Crippen molar-refractivity contribution in [2.45, 2.75) is 57.7 Å². The third-order valence-electron chi connectivity index (χ3n) is 5.36. The first-order valence-corrected chi connectivity index (χ1v) is 11.0. The van der Waals surface area contributed by atoms with E-state index in [2.05, 4.69) is 15.3 Å². The molecule has 5 atom stereocenters. The van der Waals surface area contributed by atoms with E-state index in [1.54, 1.807) is 10.9 Å². The van der Waals surface area contributed by atoms with Crippen molar-refractivity contribution in [3.05, 3.63) is 54.0 Å². The smallest absolute Gasteiger partial charge is 0.303 e. The first-order chi connectivity index (χ1) is 16.8. The molecule has 0 radical (unpaired) electrons. The predicted molar refractivity (Wildman–Crippen MR) is 119 cm³/mol. The van der Waals surface area contributed by atoms with Crippen molar-refractivity contribution in [2.75, 3.05) is 6.61 Å². The molecule has 186 valence electrons. The number of aliphatic hydroxyl groups is 2. The lowest BCUT2D eigenvalue weighted by Crippen LogP contribution is -2.61. The Morgan fingerprint density at radius 3 is 2.54 bits per heavy atom. The highest BCUT2D eigenvalue weighted by Gasteiger charge is 2.49. The number of hydrogen-bond acceptors (Lipinski definition) is 11. The van der Waals surface area contributed by atoms with E-state index >= 15 is 0 Å². The molecule has 3 aromatic rings. The van der Waals surface area contributed by atoms with Crippen LogP contribution in [0.25, 0.3) is 10.9 Å². The molecule has 2 N–H and O–H groups in total. The number of carbonyl (C=O) groups is 2. The summed E-state index contributed by atoms with van der Waals surface area (Å²) in [5.41, 5.74) is 2.13. The number of benzene rings is 1. The molecule has 1 aliphatic rings. The topological polar surface area (TPSA) is 155 Å². The minimum absolute atomic E-state index is 0.0887. The summed E-state index contributed by atoms with van der Waals surface area (Å²) >= 11 is 0. The van der Waals surface area contributed by atoms with E-state index in [9.17, 15) is 19.8 Å². The quantitative estimate of drug-likeness (QED) is 0.423. The monoisotopic (exact) mass is 486 g/mol. The molecular formula is C23H26N4O8. The Bertz CT molecular complexity index is 1190. The molecule has 4 rings (SSSR count). The minimum atomic E-state index is -1.43. The zero-order valence-electron chi connectivity index (χ0n) is 19.2. The summed E-state index contributed by atoms with van der Waals surface area (Å²) in [6, 6.07) is 11.7. The van der Waals surface area contributed by atoms with Crippen LogP contribution in [0.3, 0.4) is 0 Å². The van der Waals surface area contributed by atoms with Crippen LogP contribution in [0.2, 0.25) is 0 Å². The second-order valence-electron chi connectivity index (χ2n) is 8.08. The summed E-state index contributed by atoms with van der Waals surface area (Å²) in [5, 5.41) is 29.2.